The van der Waals surface area contributed by atoms with E-state index in [1.54, 1.807) is 23.2 Å². The second-order valence-corrected chi connectivity index (χ2v) is 7.09. The van der Waals surface area contributed by atoms with Crippen molar-refractivity contribution in [3.8, 4) is 17.2 Å². The lowest BCUT2D eigenvalue weighted by molar-refractivity contribution is 0.375. The van der Waals surface area contributed by atoms with Gasteiger partial charge in [-0.05, 0) is 54.2 Å². The van der Waals surface area contributed by atoms with E-state index in [1.807, 2.05) is 42.5 Å². The molecule has 1 atom stereocenters. The molecule has 7 heteroatoms. The van der Waals surface area contributed by atoms with Crippen LogP contribution >= 0.6 is 12.2 Å². The summed E-state index contributed by atoms with van der Waals surface area (Å²) in [4.78, 5) is 0. The van der Waals surface area contributed by atoms with Gasteiger partial charge in [0, 0.05) is 23.7 Å². The fourth-order valence-electron chi connectivity index (χ4n) is 3.28. The van der Waals surface area contributed by atoms with Crippen molar-refractivity contribution in [2.75, 3.05) is 5.32 Å². The average molecular weight is 405 g/mol. The molecule has 146 valence electrons. The third kappa shape index (κ3) is 4.00. The molecule has 6 nitrogen and oxygen atoms in total. The Morgan fingerprint density at radius 2 is 1.62 bits per heavy atom. The lowest BCUT2D eigenvalue weighted by atomic mass is 9.98. The molecule has 4 N–H and O–H groups in total. The zero-order valence-electron chi connectivity index (χ0n) is 15.4. The minimum atomic E-state index is -0.206. The number of para-hydroxylation sites is 1. The number of thiocarbonyl (C=S) groups is 1. The molecule has 1 aliphatic heterocycles. The van der Waals surface area contributed by atoms with Gasteiger partial charge in [0.05, 0.1) is 11.8 Å². The van der Waals surface area contributed by atoms with Crippen molar-refractivity contribution in [2.24, 2.45) is 5.10 Å². The van der Waals surface area contributed by atoms with Crippen LogP contribution in [0.25, 0.3) is 0 Å². The number of phenolic OH excluding ortho intramolecular Hbond substituents is 3. The number of nitrogens with one attached hydrogen (secondary N) is 1. The van der Waals surface area contributed by atoms with Gasteiger partial charge in [-0.15, -0.1) is 0 Å². The quantitative estimate of drug-likeness (QED) is 0.485. The summed E-state index contributed by atoms with van der Waals surface area (Å²) in [5.74, 6) is 0.121. The van der Waals surface area contributed by atoms with Crippen molar-refractivity contribution >= 4 is 28.7 Å². The molecule has 0 amide bonds. The van der Waals surface area contributed by atoms with Gasteiger partial charge in [0.2, 0.25) is 0 Å². The van der Waals surface area contributed by atoms with Gasteiger partial charge < -0.3 is 20.6 Å². The van der Waals surface area contributed by atoms with Crippen molar-refractivity contribution < 1.29 is 15.3 Å². The Kier molecular flexibility index (Phi) is 5.05. The molecule has 0 radical (unpaired) electrons. The van der Waals surface area contributed by atoms with Crippen LogP contribution in [0.3, 0.4) is 0 Å². The van der Waals surface area contributed by atoms with Crippen LogP contribution in [-0.4, -0.2) is 31.2 Å². The van der Waals surface area contributed by atoms with Crippen LogP contribution in [0.5, 0.6) is 17.2 Å². The first-order valence-corrected chi connectivity index (χ1v) is 9.46. The molecular formula is C22H19N3O3S. The van der Waals surface area contributed by atoms with E-state index in [2.05, 4.69) is 10.4 Å². The van der Waals surface area contributed by atoms with E-state index < -0.39 is 0 Å². The minimum Gasteiger partial charge on any atom is -0.508 e. The van der Waals surface area contributed by atoms with E-state index in [-0.39, 0.29) is 23.3 Å². The third-order valence-corrected chi connectivity index (χ3v) is 5.00. The molecular weight excluding hydrogens is 386 g/mol. The first-order valence-electron chi connectivity index (χ1n) is 9.05. The van der Waals surface area contributed by atoms with E-state index >= 15 is 0 Å². The molecule has 0 aliphatic carbocycles. The molecule has 0 aromatic heterocycles. The second-order valence-electron chi connectivity index (χ2n) is 6.70. The normalized spacial score (nSPS) is 15.8. The molecule has 3 aromatic carbocycles. The third-order valence-electron chi connectivity index (χ3n) is 4.71. The first kappa shape index (κ1) is 18.8. The van der Waals surface area contributed by atoms with Gasteiger partial charge in [0.15, 0.2) is 5.11 Å². The number of hydrogen-bond donors (Lipinski definition) is 4. The number of aromatic hydroxyl groups is 3. The van der Waals surface area contributed by atoms with E-state index in [4.69, 9.17) is 12.2 Å². The molecule has 0 bridgehead atoms. The van der Waals surface area contributed by atoms with Crippen LogP contribution in [0.4, 0.5) is 5.69 Å². The zero-order valence-corrected chi connectivity index (χ0v) is 16.2. The molecule has 1 heterocycles. The Morgan fingerprint density at radius 1 is 0.931 bits per heavy atom. The summed E-state index contributed by atoms with van der Waals surface area (Å²) in [7, 11) is 0. The molecule has 1 aliphatic rings. The number of rotatable bonds is 3. The maximum atomic E-state index is 10.3. The smallest absolute Gasteiger partial charge is 0.194 e. The molecule has 0 saturated carbocycles. The summed E-state index contributed by atoms with van der Waals surface area (Å²) in [6.07, 6.45) is 0.500. The topological polar surface area (TPSA) is 88.3 Å². The summed E-state index contributed by atoms with van der Waals surface area (Å²) in [5.41, 5.74) is 2.96. The number of nitrogens with zero attached hydrogens (tertiary/aromatic N) is 2. The van der Waals surface area contributed by atoms with Crippen molar-refractivity contribution in [3.63, 3.8) is 0 Å². The van der Waals surface area contributed by atoms with Crippen LogP contribution in [0.1, 0.15) is 23.6 Å². The van der Waals surface area contributed by atoms with Crippen molar-refractivity contribution in [1.29, 1.82) is 0 Å². The van der Waals surface area contributed by atoms with Gasteiger partial charge in [-0.25, -0.2) is 5.01 Å². The van der Waals surface area contributed by atoms with Gasteiger partial charge >= 0.3 is 0 Å². The average Bonchev–Trinajstić information content (AvgIpc) is 3.14. The van der Waals surface area contributed by atoms with Gasteiger partial charge in [-0.2, -0.15) is 5.10 Å². The van der Waals surface area contributed by atoms with Crippen LogP contribution < -0.4 is 5.32 Å². The number of phenols is 3. The van der Waals surface area contributed by atoms with E-state index in [9.17, 15) is 15.3 Å². The van der Waals surface area contributed by atoms with Crippen molar-refractivity contribution in [3.05, 3.63) is 83.9 Å². The van der Waals surface area contributed by atoms with Crippen LogP contribution in [-0.2, 0) is 0 Å². The number of hydrazone groups is 1. The second kappa shape index (κ2) is 7.81. The highest BCUT2D eigenvalue weighted by Crippen LogP contribution is 2.36. The molecule has 0 fully saturated rings. The van der Waals surface area contributed by atoms with E-state index in [0.717, 1.165) is 11.3 Å². The minimum absolute atomic E-state index is 0.0157. The van der Waals surface area contributed by atoms with Crippen molar-refractivity contribution in [2.45, 2.75) is 12.5 Å². The summed E-state index contributed by atoms with van der Waals surface area (Å²) >= 11 is 5.61. The molecule has 0 spiro atoms. The highest BCUT2D eigenvalue weighted by atomic mass is 32.1. The van der Waals surface area contributed by atoms with Crippen LogP contribution in [0.15, 0.2) is 77.9 Å². The molecule has 0 unspecified atom stereocenters. The Bertz CT molecular complexity index is 1070. The summed E-state index contributed by atoms with van der Waals surface area (Å²) < 4.78 is 0. The van der Waals surface area contributed by atoms with E-state index in [1.165, 1.54) is 12.1 Å². The first-order chi connectivity index (χ1) is 14.0. The Hall–Kier alpha value is -3.58. The van der Waals surface area contributed by atoms with Gasteiger partial charge in [-0.3, -0.25) is 0 Å². The molecule has 29 heavy (non-hydrogen) atoms. The summed E-state index contributed by atoms with van der Waals surface area (Å²) in [5, 5.41) is 39.4. The maximum Gasteiger partial charge on any atom is 0.194 e. The van der Waals surface area contributed by atoms with Gasteiger partial charge in [-0.1, -0.05) is 30.3 Å². The van der Waals surface area contributed by atoms with E-state index in [0.29, 0.717) is 22.8 Å². The number of benzene rings is 3. The largest absolute Gasteiger partial charge is 0.508 e. The highest BCUT2D eigenvalue weighted by Gasteiger charge is 2.32. The number of hydrogen-bond acceptors (Lipinski definition) is 5. The Labute approximate surface area is 173 Å². The zero-order chi connectivity index (χ0) is 20.4. The highest BCUT2D eigenvalue weighted by molar-refractivity contribution is 7.80. The Morgan fingerprint density at radius 3 is 2.31 bits per heavy atom. The molecule has 0 saturated heterocycles. The lowest BCUT2D eigenvalue weighted by Gasteiger charge is -2.25. The SMILES string of the molecule is Oc1ccc([C@@H]2CC(c3ccc(O)cc3O)=NN2C(=S)Nc2ccccc2)cc1. The summed E-state index contributed by atoms with van der Waals surface area (Å²) in [6.45, 7) is 0. The van der Waals surface area contributed by atoms with Crippen LogP contribution in [0, 0.1) is 0 Å². The van der Waals surface area contributed by atoms with Crippen LogP contribution in [0.2, 0.25) is 0 Å². The van der Waals surface area contributed by atoms with Gasteiger partial charge in [0.25, 0.3) is 0 Å². The van der Waals surface area contributed by atoms with Crippen molar-refractivity contribution in [1.82, 2.24) is 5.01 Å². The fraction of sp³-hybridized carbons (Fsp3) is 0.0909. The Balaban J connectivity index is 1.68. The molecule has 4 rings (SSSR count). The monoisotopic (exact) mass is 405 g/mol. The lowest BCUT2D eigenvalue weighted by Crippen LogP contribution is -2.31. The standard InChI is InChI=1S/C22H19N3O3S/c26-16-8-6-14(7-9-16)20-13-19(18-11-10-17(27)12-21(18)28)24-25(20)22(29)23-15-4-2-1-3-5-15/h1-12,20,26-28H,13H2,(H,23,29)/t20-/m0/s1. The predicted octanol–water partition coefficient (Wildman–Crippen LogP) is 4.35. The van der Waals surface area contributed by atoms with Gasteiger partial charge in [0.1, 0.15) is 17.2 Å². The fourth-order valence-corrected chi connectivity index (χ4v) is 3.57. The maximum absolute atomic E-state index is 10.3. The molecule has 3 aromatic rings. The summed E-state index contributed by atoms with van der Waals surface area (Å²) in [6, 6.07) is 20.7. The predicted molar refractivity (Wildman–Crippen MR) is 116 cm³/mol. The number of anilines is 1.